The number of fused-ring (bicyclic) bond motifs is 1. The zero-order chi connectivity index (χ0) is 21.1. The van der Waals surface area contributed by atoms with Crippen molar-refractivity contribution in [2.24, 2.45) is 0 Å². The first kappa shape index (κ1) is 20.2. The molecule has 0 saturated carbocycles. The third-order valence-corrected chi connectivity index (χ3v) is 5.42. The first-order valence-corrected chi connectivity index (χ1v) is 10.2. The third-order valence-electron chi connectivity index (χ3n) is 4.89. The zero-order valence-electron chi connectivity index (χ0n) is 15.9. The van der Waals surface area contributed by atoms with E-state index in [0.717, 1.165) is 11.1 Å². The van der Waals surface area contributed by atoms with Crippen LogP contribution in [-0.4, -0.2) is 10.5 Å². The van der Waals surface area contributed by atoms with Gasteiger partial charge < -0.3 is 9.88 Å². The topological polar surface area (TPSA) is 51.1 Å². The summed E-state index contributed by atoms with van der Waals surface area (Å²) in [7, 11) is 0. The number of nitrogens with zero attached hydrogens (tertiary/aromatic N) is 1. The van der Waals surface area contributed by atoms with Crippen LogP contribution in [0, 0.1) is 0 Å². The van der Waals surface area contributed by atoms with E-state index in [4.69, 9.17) is 23.2 Å². The van der Waals surface area contributed by atoms with Gasteiger partial charge in [0.15, 0.2) is 0 Å². The summed E-state index contributed by atoms with van der Waals surface area (Å²) in [6, 6.07) is 24.0. The lowest BCUT2D eigenvalue weighted by molar-refractivity contribution is -0.122. The Morgan fingerprint density at radius 2 is 1.47 bits per heavy atom. The van der Waals surface area contributed by atoms with Crippen LogP contribution in [0.2, 0.25) is 10.0 Å². The van der Waals surface area contributed by atoms with Crippen LogP contribution in [0.3, 0.4) is 0 Å². The minimum Gasteiger partial charge on any atom is -0.344 e. The standard InChI is InChI=1S/C24H18Cl2N2O2/c25-18-13-20-19(21(26)14-18)11-12-28(24(20)30)15-22(29)27-23(16-7-3-1-4-8-16)17-9-5-2-6-10-17/h1-14,23H,15H2,(H,27,29). The summed E-state index contributed by atoms with van der Waals surface area (Å²) in [5.41, 5.74) is 1.60. The summed E-state index contributed by atoms with van der Waals surface area (Å²) in [6.07, 6.45) is 1.57. The van der Waals surface area contributed by atoms with Crippen molar-refractivity contribution < 1.29 is 4.79 Å². The molecule has 4 nitrogen and oxygen atoms in total. The molecule has 1 aromatic heterocycles. The molecular formula is C24H18Cl2N2O2. The average molecular weight is 437 g/mol. The lowest BCUT2D eigenvalue weighted by atomic mass is 9.99. The van der Waals surface area contributed by atoms with Gasteiger partial charge in [-0.2, -0.15) is 0 Å². The number of carbonyl (C=O) groups excluding carboxylic acids is 1. The Bertz CT molecular complexity index is 1220. The van der Waals surface area contributed by atoms with Gasteiger partial charge in [0.1, 0.15) is 6.54 Å². The number of benzene rings is 3. The quantitative estimate of drug-likeness (QED) is 0.466. The largest absolute Gasteiger partial charge is 0.344 e. The molecule has 1 N–H and O–H groups in total. The monoisotopic (exact) mass is 436 g/mol. The fourth-order valence-electron chi connectivity index (χ4n) is 3.45. The van der Waals surface area contributed by atoms with Gasteiger partial charge in [-0.25, -0.2) is 0 Å². The van der Waals surface area contributed by atoms with E-state index in [0.29, 0.717) is 20.8 Å². The highest BCUT2D eigenvalue weighted by Crippen LogP contribution is 2.26. The van der Waals surface area contributed by atoms with Gasteiger partial charge in [0.2, 0.25) is 5.91 Å². The van der Waals surface area contributed by atoms with Gasteiger partial charge in [-0.3, -0.25) is 9.59 Å². The van der Waals surface area contributed by atoms with Crippen molar-refractivity contribution >= 4 is 39.9 Å². The van der Waals surface area contributed by atoms with Crippen molar-refractivity contribution in [3.63, 3.8) is 0 Å². The average Bonchev–Trinajstić information content (AvgIpc) is 2.75. The van der Waals surface area contributed by atoms with E-state index in [1.165, 1.54) is 4.57 Å². The fourth-order valence-corrected chi connectivity index (χ4v) is 4.01. The highest BCUT2D eigenvalue weighted by atomic mass is 35.5. The molecule has 0 unspecified atom stereocenters. The summed E-state index contributed by atoms with van der Waals surface area (Å²) in [6.45, 7) is -0.116. The molecule has 3 aromatic carbocycles. The molecule has 0 aliphatic heterocycles. The summed E-state index contributed by atoms with van der Waals surface area (Å²) < 4.78 is 1.36. The molecule has 0 spiro atoms. The van der Waals surface area contributed by atoms with Crippen LogP contribution in [0.4, 0.5) is 0 Å². The first-order chi connectivity index (χ1) is 14.5. The number of amides is 1. The van der Waals surface area contributed by atoms with Gasteiger partial charge in [0.25, 0.3) is 5.56 Å². The predicted molar refractivity (Wildman–Crippen MR) is 121 cm³/mol. The lowest BCUT2D eigenvalue weighted by Gasteiger charge is -2.20. The molecule has 0 fully saturated rings. The summed E-state index contributed by atoms with van der Waals surface area (Å²) in [5, 5.41) is 4.81. The van der Waals surface area contributed by atoms with Crippen molar-refractivity contribution in [3.05, 3.63) is 117 Å². The first-order valence-electron chi connectivity index (χ1n) is 9.40. The van der Waals surface area contributed by atoms with E-state index in [-0.39, 0.29) is 24.1 Å². The number of rotatable bonds is 5. The maximum absolute atomic E-state index is 12.9. The molecule has 1 heterocycles. The SMILES string of the molecule is O=C(Cn1ccc2c(Cl)cc(Cl)cc2c1=O)NC(c1ccccc1)c1ccccc1. The van der Waals surface area contributed by atoms with Gasteiger partial charge in [-0.1, -0.05) is 83.9 Å². The minimum atomic E-state index is -0.319. The number of aromatic nitrogens is 1. The molecule has 30 heavy (non-hydrogen) atoms. The Balaban J connectivity index is 1.63. The molecule has 150 valence electrons. The Morgan fingerprint density at radius 1 is 0.867 bits per heavy atom. The molecule has 0 saturated heterocycles. The Morgan fingerprint density at radius 3 is 2.07 bits per heavy atom. The molecular weight excluding hydrogens is 419 g/mol. The maximum Gasteiger partial charge on any atom is 0.258 e. The van der Waals surface area contributed by atoms with Crippen molar-refractivity contribution in [1.29, 1.82) is 0 Å². The predicted octanol–water partition coefficient (Wildman–Crippen LogP) is 5.21. The molecule has 0 bridgehead atoms. The second-order valence-electron chi connectivity index (χ2n) is 6.92. The second kappa shape index (κ2) is 8.74. The zero-order valence-corrected chi connectivity index (χ0v) is 17.4. The van der Waals surface area contributed by atoms with Crippen LogP contribution in [0.1, 0.15) is 17.2 Å². The van der Waals surface area contributed by atoms with Crippen molar-refractivity contribution in [1.82, 2.24) is 9.88 Å². The fraction of sp³-hybridized carbons (Fsp3) is 0.0833. The molecule has 0 atom stereocenters. The van der Waals surface area contributed by atoms with Crippen molar-refractivity contribution in [2.45, 2.75) is 12.6 Å². The van der Waals surface area contributed by atoms with Gasteiger partial charge >= 0.3 is 0 Å². The Labute approximate surface area is 183 Å². The molecule has 0 radical (unpaired) electrons. The summed E-state index contributed by atoms with van der Waals surface area (Å²) in [4.78, 5) is 25.7. The van der Waals surface area contributed by atoms with Crippen LogP contribution >= 0.6 is 23.2 Å². The van der Waals surface area contributed by atoms with Gasteiger partial charge in [-0.05, 0) is 29.3 Å². The van der Waals surface area contributed by atoms with Crippen LogP contribution in [0.25, 0.3) is 10.8 Å². The van der Waals surface area contributed by atoms with E-state index in [2.05, 4.69) is 5.32 Å². The van der Waals surface area contributed by atoms with Crippen LogP contribution < -0.4 is 10.9 Å². The number of hydrogen-bond donors (Lipinski definition) is 1. The third kappa shape index (κ3) is 4.25. The number of halogens is 2. The van der Waals surface area contributed by atoms with Gasteiger partial charge in [-0.15, -0.1) is 0 Å². The minimum absolute atomic E-state index is 0.116. The maximum atomic E-state index is 12.9. The number of carbonyl (C=O) groups is 1. The molecule has 6 heteroatoms. The molecule has 4 rings (SSSR count). The lowest BCUT2D eigenvalue weighted by Crippen LogP contribution is -2.35. The van der Waals surface area contributed by atoms with Gasteiger partial charge in [0, 0.05) is 16.6 Å². The van der Waals surface area contributed by atoms with Crippen molar-refractivity contribution in [3.8, 4) is 0 Å². The highest BCUT2D eigenvalue weighted by Gasteiger charge is 2.17. The number of hydrogen-bond acceptors (Lipinski definition) is 2. The summed E-state index contributed by atoms with van der Waals surface area (Å²) in [5.74, 6) is -0.276. The van der Waals surface area contributed by atoms with E-state index < -0.39 is 0 Å². The highest BCUT2D eigenvalue weighted by molar-refractivity contribution is 6.38. The van der Waals surface area contributed by atoms with Crippen LogP contribution in [-0.2, 0) is 11.3 Å². The van der Waals surface area contributed by atoms with E-state index in [1.807, 2.05) is 60.7 Å². The van der Waals surface area contributed by atoms with E-state index in [1.54, 1.807) is 24.4 Å². The molecule has 0 aliphatic carbocycles. The van der Waals surface area contributed by atoms with Crippen molar-refractivity contribution in [2.75, 3.05) is 0 Å². The van der Waals surface area contributed by atoms with E-state index in [9.17, 15) is 9.59 Å². The van der Waals surface area contributed by atoms with Gasteiger partial charge in [0.05, 0.1) is 16.5 Å². The normalized spacial score (nSPS) is 11.0. The Kier molecular flexibility index (Phi) is 5.88. The molecule has 0 aliphatic rings. The number of nitrogens with one attached hydrogen (secondary N) is 1. The molecule has 4 aromatic rings. The smallest absolute Gasteiger partial charge is 0.258 e. The Hall–Kier alpha value is -3.08. The number of pyridine rings is 1. The van der Waals surface area contributed by atoms with E-state index >= 15 is 0 Å². The second-order valence-corrected chi connectivity index (χ2v) is 7.76. The molecule has 1 amide bonds. The van der Waals surface area contributed by atoms with Crippen LogP contribution in [0.15, 0.2) is 89.9 Å². The van der Waals surface area contributed by atoms with Crippen LogP contribution in [0.5, 0.6) is 0 Å². The summed E-state index contributed by atoms with van der Waals surface area (Å²) >= 11 is 12.2.